The molecular weight excluding hydrogens is 469 g/mol. The number of nitrogens with zero attached hydrogens (tertiary/aromatic N) is 2. The number of anilines is 2. The van der Waals surface area contributed by atoms with Gasteiger partial charge in [-0.05, 0) is 47.9 Å². The molecule has 3 aromatic carbocycles. The minimum absolute atomic E-state index is 0.0829. The molecule has 0 bridgehead atoms. The molecule has 188 valence electrons. The summed E-state index contributed by atoms with van der Waals surface area (Å²) >= 11 is 0. The summed E-state index contributed by atoms with van der Waals surface area (Å²) in [5.74, 6) is -0.492. The van der Waals surface area contributed by atoms with Crippen LogP contribution in [0, 0.1) is 11.2 Å². The second-order valence-electron chi connectivity index (χ2n) is 10.3. The summed E-state index contributed by atoms with van der Waals surface area (Å²) in [5.41, 5.74) is 3.58. The Balaban J connectivity index is 1.51. The molecule has 3 N–H and O–H groups in total. The molecule has 0 fully saturated rings. The molecular formula is C29H28FN5O2. The van der Waals surface area contributed by atoms with Crippen molar-refractivity contribution in [2.24, 2.45) is 5.41 Å². The third kappa shape index (κ3) is 5.38. The molecule has 0 unspecified atom stereocenters. The van der Waals surface area contributed by atoms with Crippen LogP contribution in [0.3, 0.4) is 0 Å². The van der Waals surface area contributed by atoms with E-state index in [1.807, 2.05) is 57.2 Å². The van der Waals surface area contributed by atoms with Gasteiger partial charge in [0.15, 0.2) is 0 Å². The second-order valence-corrected chi connectivity index (χ2v) is 10.3. The van der Waals surface area contributed by atoms with Crippen LogP contribution in [0.25, 0.3) is 21.9 Å². The number of amides is 2. The molecule has 0 aliphatic carbocycles. The third-order valence-electron chi connectivity index (χ3n) is 6.02. The molecule has 0 aliphatic rings. The van der Waals surface area contributed by atoms with E-state index in [9.17, 15) is 14.0 Å². The maximum atomic E-state index is 14.5. The van der Waals surface area contributed by atoms with Crippen LogP contribution in [0.4, 0.5) is 16.0 Å². The van der Waals surface area contributed by atoms with E-state index in [4.69, 9.17) is 0 Å². The van der Waals surface area contributed by atoms with E-state index in [0.717, 1.165) is 21.9 Å². The van der Waals surface area contributed by atoms with E-state index in [2.05, 4.69) is 20.6 Å². The predicted molar refractivity (Wildman–Crippen MR) is 144 cm³/mol. The Morgan fingerprint density at radius 1 is 0.973 bits per heavy atom. The number of carbonyl (C=O) groups excluding carboxylic acids is 2. The normalized spacial score (nSPS) is 11.7. The average molecular weight is 498 g/mol. The van der Waals surface area contributed by atoms with Crippen molar-refractivity contribution in [2.75, 3.05) is 10.6 Å². The zero-order valence-electron chi connectivity index (χ0n) is 20.9. The lowest BCUT2D eigenvalue weighted by atomic mass is 9.92. The number of carbonyl (C=O) groups is 2. The Kier molecular flexibility index (Phi) is 6.25. The quantitative estimate of drug-likeness (QED) is 0.256. The number of hydrogen-bond donors (Lipinski definition) is 3. The number of halogens is 1. The number of nitrogens with one attached hydrogen (secondary N) is 3. The summed E-state index contributed by atoms with van der Waals surface area (Å²) in [6.45, 7) is 6.18. The summed E-state index contributed by atoms with van der Waals surface area (Å²) in [6, 6.07) is 21.2. The van der Waals surface area contributed by atoms with Gasteiger partial charge in [-0.25, -0.2) is 9.37 Å². The second kappa shape index (κ2) is 9.54. The Labute approximate surface area is 213 Å². The van der Waals surface area contributed by atoms with Crippen molar-refractivity contribution < 1.29 is 14.0 Å². The number of hydrogen-bond acceptors (Lipinski definition) is 3. The molecule has 0 atom stereocenters. The SMILES string of the molecule is CC(C)(C)CC(=O)Nc1ccc2c(c1)cc(C(=O)Nc1nc3ccccc3[nH]1)n2Cc1ccccc1F. The molecule has 0 aliphatic heterocycles. The number of benzene rings is 3. The highest BCUT2D eigenvalue weighted by Crippen LogP contribution is 2.27. The highest BCUT2D eigenvalue weighted by molar-refractivity contribution is 6.07. The lowest BCUT2D eigenvalue weighted by Gasteiger charge is -2.17. The molecule has 0 spiro atoms. The first-order valence-electron chi connectivity index (χ1n) is 12.1. The first-order chi connectivity index (χ1) is 17.7. The molecule has 2 heterocycles. The fraction of sp³-hybridized carbons (Fsp3) is 0.207. The summed E-state index contributed by atoms with van der Waals surface area (Å²) < 4.78 is 16.3. The highest BCUT2D eigenvalue weighted by atomic mass is 19.1. The van der Waals surface area contributed by atoms with E-state index < -0.39 is 0 Å². The van der Waals surface area contributed by atoms with Crippen molar-refractivity contribution in [2.45, 2.75) is 33.7 Å². The standard InChI is InChI=1S/C29H28FN5O2/c1-29(2,3)16-26(36)31-20-12-13-24-19(14-20)15-25(35(24)17-18-8-4-5-9-21(18)30)27(37)34-28-32-22-10-6-7-11-23(22)33-28/h4-15H,16-17H2,1-3H3,(H,31,36)(H2,32,33,34,37). The number of H-pyrrole nitrogens is 1. The van der Waals surface area contributed by atoms with Gasteiger partial charge in [-0.2, -0.15) is 0 Å². The fourth-order valence-corrected chi connectivity index (χ4v) is 4.37. The molecule has 0 radical (unpaired) electrons. The summed E-state index contributed by atoms with van der Waals surface area (Å²) in [7, 11) is 0. The summed E-state index contributed by atoms with van der Waals surface area (Å²) in [5, 5.41) is 6.52. The van der Waals surface area contributed by atoms with Crippen molar-refractivity contribution in [1.29, 1.82) is 0 Å². The van der Waals surface area contributed by atoms with Crippen molar-refractivity contribution >= 4 is 45.4 Å². The van der Waals surface area contributed by atoms with Crippen molar-refractivity contribution in [1.82, 2.24) is 14.5 Å². The molecule has 37 heavy (non-hydrogen) atoms. The van der Waals surface area contributed by atoms with Crippen LogP contribution in [0.5, 0.6) is 0 Å². The van der Waals surface area contributed by atoms with E-state index >= 15 is 0 Å². The molecule has 0 saturated carbocycles. The maximum Gasteiger partial charge on any atom is 0.274 e. The van der Waals surface area contributed by atoms with Crippen LogP contribution < -0.4 is 10.6 Å². The van der Waals surface area contributed by atoms with Crippen molar-refractivity contribution in [3.05, 3.63) is 89.9 Å². The number of fused-ring (bicyclic) bond motifs is 2. The van der Waals surface area contributed by atoms with E-state index in [0.29, 0.717) is 29.3 Å². The van der Waals surface area contributed by atoms with Crippen molar-refractivity contribution in [3.8, 4) is 0 Å². The molecule has 0 saturated heterocycles. The summed E-state index contributed by atoms with van der Waals surface area (Å²) in [4.78, 5) is 33.4. The monoisotopic (exact) mass is 497 g/mol. The first kappa shape index (κ1) is 24.2. The molecule has 2 amide bonds. The van der Waals surface area contributed by atoms with Crippen LogP contribution in [0.15, 0.2) is 72.8 Å². The zero-order chi connectivity index (χ0) is 26.2. The minimum Gasteiger partial charge on any atom is -0.332 e. The Morgan fingerprint density at radius 3 is 2.49 bits per heavy atom. The highest BCUT2D eigenvalue weighted by Gasteiger charge is 2.20. The van der Waals surface area contributed by atoms with E-state index in [1.165, 1.54) is 6.07 Å². The van der Waals surface area contributed by atoms with Gasteiger partial charge in [-0.3, -0.25) is 14.9 Å². The van der Waals surface area contributed by atoms with Gasteiger partial charge in [0, 0.05) is 28.6 Å². The zero-order valence-corrected chi connectivity index (χ0v) is 20.9. The third-order valence-corrected chi connectivity index (χ3v) is 6.02. The predicted octanol–water partition coefficient (Wildman–Crippen LogP) is 6.33. The maximum absolute atomic E-state index is 14.5. The Hall–Kier alpha value is -4.46. The molecule has 2 aromatic heterocycles. The fourth-order valence-electron chi connectivity index (χ4n) is 4.37. The Bertz CT molecular complexity index is 1590. The van der Waals surface area contributed by atoms with Crippen molar-refractivity contribution in [3.63, 3.8) is 0 Å². The number of rotatable bonds is 6. The molecule has 7 nitrogen and oxygen atoms in total. The van der Waals surface area contributed by atoms with Crippen LogP contribution in [-0.2, 0) is 11.3 Å². The summed E-state index contributed by atoms with van der Waals surface area (Å²) in [6.07, 6.45) is 0.379. The van der Waals surface area contributed by atoms with Crippen LogP contribution in [-0.4, -0.2) is 26.3 Å². The first-order valence-corrected chi connectivity index (χ1v) is 12.1. The number of aromatic nitrogens is 3. The van der Waals surface area contributed by atoms with Gasteiger partial charge in [0.25, 0.3) is 5.91 Å². The lowest BCUT2D eigenvalue weighted by molar-refractivity contribution is -0.117. The number of aromatic amines is 1. The largest absolute Gasteiger partial charge is 0.332 e. The molecule has 8 heteroatoms. The number of para-hydroxylation sites is 2. The average Bonchev–Trinajstić information content (AvgIpc) is 3.39. The lowest BCUT2D eigenvalue weighted by Crippen LogP contribution is -2.19. The van der Waals surface area contributed by atoms with Gasteiger partial charge in [0.2, 0.25) is 11.9 Å². The molecule has 5 rings (SSSR count). The van der Waals surface area contributed by atoms with Crippen LogP contribution >= 0.6 is 0 Å². The van der Waals surface area contributed by atoms with E-state index in [-0.39, 0.29) is 29.6 Å². The van der Waals surface area contributed by atoms with E-state index in [1.54, 1.807) is 34.9 Å². The topological polar surface area (TPSA) is 91.8 Å². The minimum atomic E-state index is -0.384. The van der Waals surface area contributed by atoms with Gasteiger partial charge in [-0.1, -0.05) is 51.1 Å². The van der Waals surface area contributed by atoms with Gasteiger partial charge < -0.3 is 14.9 Å². The molecule has 5 aromatic rings. The smallest absolute Gasteiger partial charge is 0.274 e. The van der Waals surface area contributed by atoms with Gasteiger partial charge >= 0.3 is 0 Å². The van der Waals surface area contributed by atoms with Gasteiger partial charge in [-0.15, -0.1) is 0 Å². The Morgan fingerprint density at radius 2 is 1.73 bits per heavy atom. The van der Waals surface area contributed by atoms with Crippen LogP contribution in [0.1, 0.15) is 43.2 Å². The number of imidazole rings is 1. The van der Waals surface area contributed by atoms with Crippen LogP contribution in [0.2, 0.25) is 0 Å². The van der Waals surface area contributed by atoms with Gasteiger partial charge in [0.1, 0.15) is 11.5 Å². The van der Waals surface area contributed by atoms with Gasteiger partial charge in [0.05, 0.1) is 17.6 Å².